The predicted molar refractivity (Wildman–Crippen MR) is 133 cm³/mol. The molecule has 0 aliphatic carbocycles. The molecule has 2 heterocycles. The molecule has 184 valence electrons. The summed E-state index contributed by atoms with van der Waals surface area (Å²) in [5.41, 5.74) is 1.17. The van der Waals surface area contributed by atoms with Crippen molar-refractivity contribution in [3.05, 3.63) is 71.2 Å². The lowest BCUT2D eigenvalue weighted by atomic mass is 9.94. The van der Waals surface area contributed by atoms with E-state index < -0.39 is 23.5 Å². The Bertz CT molecular complexity index is 1250. The predicted octanol–water partition coefficient (Wildman–Crippen LogP) is 6.00. The first-order valence-electron chi connectivity index (χ1n) is 12.0. The number of furan rings is 1. The molecule has 7 heteroatoms. The molecule has 0 bridgehead atoms. The maximum absolute atomic E-state index is 13.7. The van der Waals surface area contributed by atoms with Gasteiger partial charge in [-0.25, -0.2) is 0 Å². The van der Waals surface area contributed by atoms with Crippen LogP contribution in [0.25, 0.3) is 11.0 Å². The molecule has 0 saturated carbocycles. The molecule has 35 heavy (non-hydrogen) atoms. The second kappa shape index (κ2) is 10.3. The monoisotopic (exact) mass is 477 g/mol. The maximum atomic E-state index is 13.7. The van der Waals surface area contributed by atoms with Crippen LogP contribution in [0.4, 0.5) is 0 Å². The summed E-state index contributed by atoms with van der Waals surface area (Å²) in [6.07, 6.45) is 2.71. The van der Waals surface area contributed by atoms with Gasteiger partial charge in [0, 0.05) is 11.9 Å². The summed E-state index contributed by atoms with van der Waals surface area (Å²) in [5, 5.41) is 11.6. The molecule has 7 nitrogen and oxygen atoms in total. The van der Waals surface area contributed by atoms with E-state index in [2.05, 4.69) is 6.92 Å². The number of aliphatic hydroxyl groups excluding tert-OH is 1. The lowest BCUT2D eigenvalue weighted by Gasteiger charge is -2.27. The third kappa shape index (κ3) is 4.76. The quantitative estimate of drug-likeness (QED) is 0.285. The number of fused-ring (bicyclic) bond motifs is 1. The molecule has 3 aromatic rings. The number of methoxy groups -OCH3 is 1. The van der Waals surface area contributed by atoms with Gasteiger partial charge in [-0.1, -0.05) is 44.0 Å². The van der Waals surface area contributed by atoms with Crippen LogP contribution in [0.3, 0.4) is 0 Å². The average molecular weight is 478 g/mol. The summed E-state index contributed by atoms with van der Waals surface area (Å²) >= 11 is 0. The van der Waals surface area contributed by atoms with Gasteiger partial charge in [-0.05, 0) is 50.1 Å². The lowest BCUT2D eigenvalue weighted by molar-refractivity contribution is -0.129. The summed E-state index contributed by atoms with van der Waals surface area (Å²) in [7, 11) is 1.53. The number of carbonyl (C=O) groups is 2. The van der Waals surface area contributed by atoms with Crippen molar-refractivity contribution in [2.24, 2.45) is 0 Å². The number of benzene rings is 2. The van der Waals surface area contributed by atoms with Gasteiger partial charge in [0.15, 0.2) is 22.9 Å². The molecule has 2 aromatic carbocycles. The normalized spacial score (nSPS) is 16.0. The second-order valence-corrected chi connectivity index (χ2v) is 8.92. The van der Waals surface area contributed by atoms with E-state index in [9.17, 15) is 14.7 Å². The van der Waals surface area contributed by atoms with E-state index in [1.54, 1.807) is 23.1 Å². The summed E-state index contributed by atoms with van der Waals surface area (Å²) < 4.78 is 16.9. The molecule has 0 radical (unpaired) electrons. The van der Waals surface area contributed by atoms with E-state index in [0.717, 1.165) is 19.3 Å². The van der Waals surface area contributed by atoms with E-state index in [1.807, 2.05) is 44.2 Å². The fourth-order valence-electron chi connectivity index (χ4n) is 4.44. The van der Waals surface area contributed by atoms with Gasteiger partial charge in [0.2, 0.25) is 5.78 Å². The standard InChI is InChI=1S/C28H31NO6/c1-5-6-7-15-29-24(18-11-13-20(14-12-18)34-17(2)3)23(26(31)28(29)32)25(30)22-16-19-9-8-10-21(33-4)27(19)35-22/h8-14,16-17,24,31H,5-7,15H2,1-4H3. The van der Waals surface area contributed by atoms with Crippen LogP contribution in [0.5, 0.6) is 11.5 Å². The zero-order valence-electron chi connectivity index (χ0n) is 20.5. The molecule has 1 aromatic heterocycles. The fourth-order valence-corrected chi connectivity index (χ4v) is 4.44. The highest BCUT2D eigenvalue weighted by Gasteiger charge is 2.44. The van der Waals surface area contributed by atoms with Crippen LogP contribution in [0.15, 0.2) is 64.3 Å². The van der Waals surface area contributed by atoms with Gasteiger partial charge >= 0.3 is 0 Å². The van der Waals surface area contributed by atoms with Crippen molar-refractivity contribution in [3.8, 4) is 11.5 Å². The minimum atomic E-state index is -0.727. The summed E-state index contributed by atoms with van der Waals surface area (Å²) in [4.78, 5) is 28.4. The van der Waals surface area contributed by atoms with E-state index in [0.29, 0.717) is 34.6 Å². The number of aliphatic hydroxyl groups is 1. The number of Topliss-reactive ketones (excluding diaryl/α,β-unsaturated/α-hetero) is 1. The second-order valence-electron chi connectivity index (χ2n) is 8.92. The number of rotatable bonds is 10. The molecule has 4 rings (SSSR count). The Kier molecular flexibility index (Phi) is 7.15. The number of unbranched alkanes of at least 4 members (excludes halogenated alkanes) is 2. The summed E-state index contributed by atoms with van der Waals surface area (Å²) in [6.45, 7) is 6.39. The molecule has 1 aliphatic heterocycles. The van der Waals surface area contributed by atoms with E-state index in [-0.39, 0.29) is 17.4 Å². The molecule has 1 N–H and O–H groups in total. The topological polar surface area (TPSA) is 89.2 Å². The highest BCUT2D eigenvalue weighted by Crippen LogP contribution is 2.40. The van der Waals surface area contributed by atoms with Crippen molar-refractivity contribution in [2.75, 3.05) is 13.7 Å². The molecule has 0 saturated heterocycles. The number of hydrogen-bond acceptors (Lipinski definition) is 6. The van der Waals surface area contributed by atoms with Gasteiger partial charge in [0.25, 0.3) is 5.91 Å². The van der Waals surface area contributed by atoms with Gasteiger partial charge < -0.3 is 23.9 Å². The van der Waals surface area contributed by atoms with Gasteiger partial charge in [-0.15, -0.1) is 0 Å². The van der Waals surface area contributed by atoms with Gasteiger partial charge in [-0.2, -0.15) is 0 Å². The van der Waals surface area contributed by atoms with Crippen molar-refractivity contribution in [1.82, 2.24) is 4.90 Å². The summed E-state index contributed by atoms with van der Waals surface area (Å²) in [6, 6.07) is 13.5. The molecule has 1 aliphatic rings. The Labute approximate surface area is 204 Å². The molecule has 1 unspecified atom stereocenters. The number of ether oxygens (including phenoxy) is 2. The van der Waals surface area contributed by atoms with Crippen molar-refractivity contribution >= 4 is 22.7 Å². The van der Waals surface area contributed by atoms with Crippen molar-refractivity contribution < 1.29 is 28.6 Å². The Morgan fingerprint density at radius 2 is 1.89 bits per heavy atom. The van der Waals surface area contributed by atoms with Crippen LogP contribution in [0.1, 0.15) is 62.2 Å². The van der Waals surface area contributed by atoms with Gasteiger partial charge in [-0.3, -0.25) is 9.59 Å². The van der Waals surface area contributed by atoms with Crippen LogP contribution in [0, 0.1) is 0 Å². The third-order valence-electron chi connectivity index (χ3n) is 6.07. The van der Waals surface area contributed by atoms with Crippen molar-refractivity contribution in [2.45, 2.75) is 52.2 Å². The van der Waals surface area contributed by atoms with E-state index >= 15 is 0 Å². The first kappa shape index (κ1) is 24.4. The largest absolute Gasteiger partial charge is 0.503 e. The highest BCUT2D eigenvalue weighted by atomic mass is 16.5. The smallest absolute Gasteiger partial charge is 0.290 e. The Hall–Kier alpha value is -3.74. The minimum Gasteiger partial charge on any atom is -0.503 e. The first-order chi connectivity index (χ1) is 16.8. The van der Waals surface area contributed by atoms with Gasteiger partial charge in [0.05, 0.1) is 24.8 Å². The molecule has 1 amide bonds. The highest BCUT2D eigenvalue weighted by molar-refractivity contribution is 6.16. The Morgan fingerprint density at radius 3 is 2.54 bits per heavy atom. The fraction of sp³-hybridized carbons (Fsp3) is 0.357. The number of nitrogens with zero attached hydrogens (tertiary/aromatic N) is 1. The Balaban J connectivity index is 1.75. The molecular weight excluding hydrogens is 446 g/mol. The van der Waals surface area contributed by atoms with E-state index in [4.69, 9.17) is 13.9 Å². The van der Waals surface area contributed by atoms with Crippen molar-refractivity contribution in [1.29, 1.82) is 0 Å². The Morgan fingerprint density at radius 1 is 1.14 bits per heavy atom. The van der Waals surface area contributed by atoms with Crippen molar-refractivity contribution in [3.63, 3.8) is 0 Å². The summed E-state index contributed by atoms with van der Waals surface area (Å²) in [5.74, 6) is -0.382. The number of amides is 1. The minimum absolute atomic E-state index is 0.0158. The molecule has 0 spiro atoms. The maximum Gasteiger partial charge on any atom is 0.290 e. The first-order valence-corrected chi connectivity index (χ1v) is 12.0. The van der Waals surface area contributed by atoms with Crippen LogP contribution in [-0.4, -0.2) is 41.5 Å². The molecule has 1 atom stereocenters. The molecule has 0 fully saturated rings. The third-order valence-corrected chi connectivity index (χ3v) is 6.07. The lowest BCUT2D eigenvalue weighted by Crippen LogP contribution is -2.32. The number of carbonyl (C=O) groups excluding carboxylic acids is 2. The zero-order valence-corrected chi connectivity index (χ0v) is 20.5. The molecular formula is C28H31NO6. The zero-order chi connectivity index (χ0) is 25.1. The van der Waals surface area contributed by atoms with Crippen LogP contribution < -0.4 is 9.47 Å². The number of hydrogen-bond donors (Lipinski definition) is 1. The SMILES string of the molecule is CCCCCN1C(=O)C(O)=C(C(=O)c2cc3cccc(OC)c3o2)C1c1ccc(OC(C)C)cc1. The van der Waals surface area contributed by atoms with E-state index in [1.165, 1.54) is 7.11 Å². The number of ketones is 1. The number of para-hydroxylation sites is 1. The van der Waals surface area contributed by atoms with Gasteiger partial charge in [0.1, 0.15) is 5.75 Å². The van der Waals surface area contributed by atoms with Crippen LogP contribution in [0.2, 0.25) is 0 Å². The van der Waals surface area contributed by atoms with Crippen LogP contribution >= 0.6 is 0 Å². The van der Waals surface area contributed by atoms with Crippen LogP contribution in [-0.2, 0) is 4.79 Å². The average Bonchev–Trinajstić information content (AvgIpc) is 3.39.